The topological polar surface area (TPSA) is 75.6 Å². The van der Waals surface area contributed by atoms with Gasteiger partial charge in [-0.3, -0.25) is 9.59 Å². The fourth-order valence-corrected chi connectivity index (χ4v) is 2.75. The molecule has 2 N–H and O–H groups in total. The Morgan fingerprint density at radius 3 is 2.31 bits per heavy atom. The number of methoxy groups -OCH3 is 1. The second-order valence-corrected chi connectivity index (χ2v) is 6.58. The van der Waals surface area contributed by atoms with Gasteiger partial charge in [-0.05, 0) is 37.1 Å². The third-order valence-corrected chi connectivity index (χ3v) is 4.02. The summed E-state index contributed by atoms with van der Waals surface area (Å²) < 4.78 is 19.5. The molecule has 0 radical (unpaired) electrons. The molecule has 2 aromatic carbocycles. The Labute approximate surface area is 151 Å². The maximum Gasteiger partial charge on any atom is 0.305 e. The van der Waals surface area contributed by atoms with Crippen LogP contribution in [0.25, 0.3) is 11.1 Å². The van der Waals surface area contributed by atoms with E-state index in [9.17, 15) is 14.0 Å². The van der Waals surface area contributed by atoms with Crippen LogP contribution >= 0.6 is 0 Å². The maximum absolute atomic E-state index is 14.5. The molecule has 0 saturated heterocycles. The molecule has 1 unspecified atom stereocenters. The molecule has 5 nitrogen and oxygen atoms in total. The average molecular weight is 359 g/mol. The summed E-state index contributed by atoms with van der Waals surface area (Å²) in [5.41, 5.74) is 1.31. The zero-order valence-electron chi connectivity index (χ0n) is 15.0. The Morgan fingerprint density at radius 1 is 1.15 bits per heavy atom. The number of carboxylic acid groups (broad SMARTS) is 1. The van der Waals surface area contributed by atoms with E-state index in [1.54, 1.807) is 13.0 Å². The van der Waals surface area contributed by atoms with E-state index in [-0.39, 0.29) is 18.6 Å². The number of rotatable bonds is 7. The number of aryl methyl sites for hydroxylation is 1. The molecule has 0 aliphatic carbocycles. The molecule has 0 aromatic heterocycles. The number of amides is 1. The summed E-state index contributed by atoms with van der Waals surface area (Å²) in [6.45, 7) is 3.50. The first-order chi connectivity index (χ1) is 12.2. The Bertz CT molecular complexity index is 804. The van der Waals surface area contributed by atoms with Crippen molar-refractivity contribution < 1.29 is 23.8 Å². The lowest BCUT2D eigenvalue weighted by Gasteiger charge is -2.28. The van der Waals surface area contributed by atoms with Gasteiger partial charge in [-0.25, -0.2) is 4.39 Å². The Hall–Kier alpha value is -2.73. The molecule has 1 atom stereocenters. The minimum Gasteiger partial charge on any atom is -0.481 e. The van der Waals surface area contributed by atoms with Gasteiger partial charge in [-0.15, -0.1) is 0 Å². The lowest BCUT2D eigenvalue weighted by molar-refractivity contribution is -0.139. The lowest BCUT2D eigenvalue weighted by atomic mass is 9.97. The van der Waals surface area contributed by atoms with Crippen LogP contribution in [0.4, 0.5) is 4.39 Å². The lowest BCUT2D eigenvalue weighted by Crippen LogP contribution is -2.50. The van der Waals surface area contributed by atoms with Gasteiger partial charge in [0.15, 0.2) is 0 Å². The summed E-state index contributed by atoms with van der Waals surface area (Å²) in [5, 5.41) is 11.6. The van der Waals surface area contributed by atoms with Gasteiger partial charge in [0.2, 0.25) is 0 Å². The molecule has 138 valence electrons. The van der Waals surface area contributed by atoms with E-state index in [1.807, 2.05) is 31.2 Å². The molecule has 0 fully saturated rings. The van der Waals surface area contributed by atoms with Gasteiger partial charge in [-0.1, -0.05) is 35.9 Å². The van der Waals surface area contributed by atoms with Gasteiger partial charge in [0.1, 0.15) is 5.82 Å². The molecule has 2 aromatic rings. The highest BCUT2D eigenvalue weighted by molar-refractivity contribution is 5.95. The van der Waals surface area contributed by atoms with E-state index in [2.05, 4.69) is 5.32 Å². The number of carboxylic acids is 1. The number of ether oxygens (including phenoxy) is 1. The molecule has 0 heterocycles. The number of hydrogen-bond donors (Lipinski definition) is 2. The van der Waals surface area contributed by atoms with E-state index in [0.717, 1.165) is 11.1 Å². The van der Waals surface area contributed by atoms with Crippen molar-refractivity contribution >= 4 is 11.9 Å². The molecule has 0 aliphatic rings. The molecule has 1 amide bonds. The third-order valence-electron chi connectivity index (χ3n) is 4.02. The number of carbonyl (C=O) groups excluding carboxylic acids is 1. The largest absolute Gasteiger partial charge is 0.481 e. The molecule has 0 saturated carbocycles. The predicted octanol–water partition coefficient (Wildman–Crippen LogP) is 3.41. The Morgan fingerprint density at radius 2 is 1.77 bits per heavy atom. The molecular formula is C20H22FNO4. The number of aliphatic carboxylic acids is 1. The van der Waals surface area contributed by atoms with Crippen molar-refractivity contribution in [2.45, 2.75) is 25.8 Å². The van der Waals surface area contributed by atoms with Gasteiger partial charge in [0.05, 0.1) is 24.1 Å². The molecule has 0 bridgehead atoms. The second-order valence-electron chi connectivity index (χ2n) is 6.58. The van der Waals surface area contributed by atoms with E-state index in [4.69, 9.17) is 9.84 Å². The maximum atomic E-state index is 14.5. The first-order valence-electron chi connectivity index (χ1n) is 8.14. The summed E-state index contributed by atoms with van der Waals surface area (Å²) in [5.74, 6) is -2.44. The normalized spacial score (nSPS) is 13.1. The number of halogens is 1. The first kappa shape index (κ1) is 19.6. The number of hydrogen-bond acceptors (Lipinski definition) is 3. The molecule has 6 heteroatoms. The van der Waals surface area contributed by atoms with Crippen molar-refractivity contribution in [3.63, 3.8) is 0 Å². The Kier molecular flexibility index (Phi) is 6.10. The van der Waals surface area contributed by atoms with Crippen LogP contribution in [0.2, 0.25) is 0 Å². The van der Waals surface area contributed by atoms with Crippen LogP contribution in [0.15, 0.2) is 42.5 Å². The van der Waals surface area contributed by atoms with Crippen molar-refractivity contribution in [3.8, 4) is 11.1 Å². The summed E-state index contributed by atoms with van der Waals surface area (Å²) in [4.78, 5) is 23.4. The summed E-state index contributed by atoms with van der Waals surface area (Å²) in [6, 6.07) is 12.0. The minimum absolute atomic E-state index is 0.00584. The quantitative estimate of drug-likeness (QED) is 0.794. The molecule has 0 aliphatic heterocycles. The van der Waals surface area contributed by atoms with Crippen molar-refractivity contribution in [1.82, 2.24) is 5.32 Å². The van der Waals surface area contributed by atoms with Crippen LogP contribution in [0, 0.1) is 12.7 Å². The van der Waals surface area contributed by atoms with Crippen LogP contribution in [-0.2, 0) is 9.53 Å². The van der Waals surface area contributed by atoms with Crippen LogP contribution in [0.3, 0.4) is 0 Å². The minimum atomic E-state index is -1.14. The van der Waals surface area contributed by atoms with Gasteiger partial charge >= 0.3 is 5.97 Å². The smallest absolute Gasteiger partial charge is 0.305 e. The summed E-state index contributed by atoms with van der Waals surface area (Å²) in [7, 11) is 1.41. The van der Waals surface area contributed by atoms with Crippen LogP contribution in [0.5, 0.6) is 0 Å². The van der Waals surface area contributed by atoms with E-state index in [1.165, 1.54) is 19.2 Å². The molecule has 26 heavy (non-hydrogen) atoms. The predicted molar refractivity (Wildman–Crippen MR) is 96.6 cm³/mol. The van der Waals surface area contributed by atoms with Gasteiger partial charge in [-0.2, -0.15) is 0 Å². The van der Waals surface area contributed by atoms with Crippen molar-refractivity contribution in [2.24, 2.45) is 0 Å². The monoisotopic (exact) mass is 359 g/mol. The van der Waals surface area contributed by atoms with E-state index < -0.39 is 23.2 Å². The van der Waals surface area contributed by atoms with Gasteiger partial charge in [0.25, 0.3) is 5.91 Å². The number of benzene rings is 2. The van der Waals surface area contributed by atoms with E-state index >= 15 is 0 Å². The third kappa shape index (κ3) is 4.89. The fourth-order valence-electron chi connectivity index (χ4n) is 2.75. The highest BCUT2D eigenvalue weighted by Crippen LogP contribution is 2.23. The fraction of sp³-hybridized carbons (Fsp3) is 0.300. The van der Waals surface area contributed by atoms with Crippen molar-refractivity contribution in [1.29, 1.82) is 0 Å². The van der Waals surface area contributed by atoms with E-state index in [0.29, 0.717) is 5.56 Å². The van der Waals surface area contributed by atoms with Gasteiger partial charge in [0, 0.05) is 7.11 Å². The summed E-state index contributed by atoms with van der Waals surface area (Å²) in [6.07, 6.45) is -0.338. The molecule has 0 spiro atoms. The second kappa shape index (κ2) is 8.10. The zero-order valence-corrected chi connectivity index (χ0v) is 15.0. The van der Waals surface area contributed by atoms with Crippen LogP contribution in [0.1, 0.15) is 29.3 Å². The van der Waals surface area contributed by atoms with Crippen molar-refractivity contribution in [3.05, 3.63) is 59.4 Å². The highest BCUT2D eigenvalue weighted by Gasteiger charge is 2.30. The number of carbonyl (C=O) groups is 2. The van der Waals surface area contributed by atoms with Crippen LogP contribution < -0.4 is 5.32 Å². The molecule has 2 rings (SSSR count). The van der Waals surface area contributed by atoms with Gasteiger partial charge < -0.3 is 15.2 Å². The first-order valence-corrected chi connectivity index (χ1v) is 8.14. The average Bonchev–Trinajstić information content (AvgIpc) is 2.54. The number of nitrogens with one attached hydrogen (secondary N) is 1. The zero-order chi connectivity index (χ0) is 19.3. The molecular weight excluding hydrogens is 337 g/mol. The van der Waals surface area contributed by atoms with Crippen molar-refractivity contribution in [2.75, 3.05) is 13.7 Å². The van der Waals surface area contributed by atoms with Crippen LogP contribution in [-0.4, -0.2) is 36.2 Å². The Balaban J connectivity index is 2.23. The highest BCUT2D eigenvalue weighted by atomic mass is 19.1. The SMILES string of the molecule is COCC(C)(CC(=O)O)NC(=O)c1ccc(-c2ccc(C)cc2)cc1F. The standard InChI is InChI=1S/C20H22FNO4/c1-13-4-6-14(7-5-13)15-8-9-16(17(21)10-15)19(25)22-20(2,12-26-3)11-18(23)24/h4-10H,11-12H2,1-3H3,(H,22,25)(H,23,24). The summed E-state index contributed by atoms with van der Waals surface area (Å²) >= 11 is 0.